The van der Waals surface area contributed by atoms with Gasteiger partial charge in [-0.1, -0.05) is 6.92 Å². The number of rotatable bonds is 4. The van der Waals surface area contributed by atoms with E-state index in [2.05, 4.69) is 12.2 Å². The molecule has 0 spiro atoms. The van der Waals surface area contributed by atoms with E-state index in [1.165, 1.54) is 0 Å². The van der Waals surface area contributed by atoms with Crippen molar-refractivity contribution >= 4 is 11.6 Å². The summed E-state index contributed by atoms with van der Waals surface area (Å²) in [5.74, 6) is 0.354. The number of nitrogens with one attached hydrogen (secondary N) is 1. The summed E-state index contributed by atoms with van der Waals surface area (Å²) in [5.41, 5.74) is 6.86. The van der Waals surface area contributed by atoms with Gasteiger partial charge in [0.25, 0.3) is 5.91 Å². The van der Waals surface area contributed by atoms with Gasteiger partial charge in [-0.15, -0.1) is 0 Å². The number of nitrogen functional groups attached to an aromatic ring is 1. The van der Waals surface area contributed by atoms with Gasteiger partial charge in [0.05, 0.1) is 11.8 Å². The topological polar surface area (TPSA) is 69.3 Å². The number of nitrogens with two attached hydrogens (primary N) is 1. The maximum Gasteiger partial charge on any atom is 0.267 e. The molecule has 0 saturated carbocycles. The lowest BCUT2D eigenvalue weighted by molar-refractivity contribution is 0.0824. The zero-order valence-electron chi connectivity index (χ0n) is 11.0. The second kappa shape index (κ2) is 5.44. The first-order chi connectivity index (χ1) is 8.61. The predicted octanol–water partition coefficient (Wildman–Crippen LogP) is 1.15. The molecule has 5 nitrogen and oxygen atoms in total. The Hall–Kier alpha value is -1.49. The molecule has 1 aliphatic rings. The van der Waals surface area contributed by atoms with Crippen molar-refractivity contribution in [2.75, 3.05) is 18.9 Å². The molecule has 100 valence electrons. The van der Waals surface area contributed by atoms with E-state index in [0.29, 0.717) is 23.8 Å². The minimum absolute atomic E-state index is 0.0732. The summed E-state index contributed by atoms with van der Waals surface area (Å²) in [7, 11) is 1.82. The van der Waals surface area contributed by atoms with Crippen LogP contribution in [0.1, 0.15) is 30.3 Å². The lowest BCUT2D eigenvalue weighted by Gasteiger charge is -2.17. The number of hydrogen-bond donors (Lipinski definition) is 2. The number of nitrogens with zero attached hydrogens (tertiary/aromatic N) is 1. The summed E-state index contributed by atoms with van der Waals surface area (Å²) in [4.78, 5) is 12.0. The smallest absolute Gasteiger partial charge is 0.267 e. The minimum Gasteiger partial charge on any atom is -0.397 e. The van der Waals surface area contributed by atoms with E-state index in [1.54, 1.807) is 16.8 Å². The van der Waals surface area contributed by atoms with Crippen molar-refractivity contribution in [3.63, 3.8) is 0 Å². The van der Waals surface area contributed by atoms with E-state index < -0.39 is 0 Å². The van der Waals surface area contributed by atoms with E-state index in [9.17, 15) is 4.79 Å². The van der Waals surface area contributed by atoms with Crippen LogP contribution in [-0.2, 0) is 11.8 Å². The Morgan fingerprint density at radius 1 is 1.67 bits per heavy atom. The highest BCUT2D eigenvalue weighted by atomic mass is 16.5. The van der Waals surface area contributed by atoms with Crippen molar-refractivity contribution in [1.29, 1.82) is 0 Å². The van der Waals surface area contributed by atoms with Crippen molar-refractivity contribution in [2.45, 2.75) is 25.9 Å². The fourth-order valence-corrected chi connectivity index (χ4v) is 2.51. The van der Waals surface area contributed by atoms with E-state index in [0.717, 1.165) is 19.4 Å². The van der Waals surface area contributed by atoms with Gasteiger partial charge in [0.1, 0.15) is 5.69 Å². The normalized spacial score (nSPS) is 23.2. The Kier molecular flexibility index (Phi) is 3.91. The van der Waals surface area contributed by atoms with Gasteiger partial charge in [-0.05, 0) is 18.9 Å². The molecule has 1 aromatic heterocycles. The molecule has 1 amide bonds. The lowest BCUT2D eigenvalue weighted by atomic mass is 10.00. The molecule has 5 heteroatoms. The van der Waals surface area contributed by atoms with Gasteiger partial charge in [-0.2, -0.15) is 0 Å². The van der Waals surface area contributed by atoms with Crippen molar-refractivity contribution in [1.82, 2.24) is 9.88 Å². The molecular formula is C13H21N3O2. The molecule has 0 aromatic carbocycles. The highest BCUT2D eigenvalue weighted by molar-refractivity contribution is 5.93. The molecular weight excluding hydrogens is 230 g/mol. The molecule has 3 N–H and O–H groups in total. The second-order valence-corrected chi connectivity index (χ2v) is 4.85. The van der Waals surface area contributed by atoms with Crippen molar-refractivity contribution in [2.24, 2.45) is 13.0 Å². The highest BCUT2D eigenvalue weighted by Crippen LogP contribution is 2.22. The number of amides is 1. The fraction of sp³-hybridized carbons (Fsp3) is 0.615. The standard InChI is InChI=1S/C13H21N3O2/c1-3-12-9(4-5-18-12)7-15-13(17)11-6-10(14)8-16(11)2/h6,8-9,12H,3-5,7,14H2,1-2H3,(H,15,17). The van der Waals surface area contributed by atoms with Crippen LogP contribution in [0.5, 0.6) is 0 Å². The number of carbonyl (C=O) groups is 1. The number of ether oxygens (including phenoxy) is 1. The van der Waals surface area contributed by atoms with Gasteiger partial charge < -0.3 is 20.4 Å². The minimum atomic E-state index is -0.0732. The Labute approximate surface area is 107 Å². The molecule has 18 heavy (non-hydrogen) atoms. The average Bonchev–Trinajstić information content (AvgIpc) is 2.92. The SMILES string of the molecule is CCC1OCCC1CNC(=O)c1cc(N)cn1C. The van der Waals surface area contributed by atoms with Crippen LogP contribution in [0.2, 0.25) is 0 Å². The first kappa shape index (κ1) is 13.0. The molecule has 2 rings (SSSR count). The van der Waals surface area contributed by atoms with Crippen LogP contribution in [0.4, 0.5) is 5.69 Å². The molecule has 2 unspecified atom stereocenters. The molecule has 0 aliphatic carbocycles. The van der Waals surface area contributed by atoms with Crippen molar-refractivity contribution in [3.8, 4) is 0 Å². The van der Waals surface area contributed by atoms with Gasteiger partial charge in [-0.3, -0.25) is 4.79 Å². The molecule has 1 aliphatic heterocycles. The largest absolute Gasteiger partial charge is 0.397 e. The second-order valence-electron chi connectivity index (χ2n) is 4.85. The van der Waals surface area contributed by atoms with Gasteiger partial charge in [0.2, 0.25) is 0 Å². The fourth-order valence-electron chi connectivity index (χ4n) is 2.51. The van der Waals surface area contributed by atoms with Crippen LogP contribution < -0.4 is 11.1 Å². The Morgan fingerprint density at radius 2 is 2.44 bits per heavy atom. The van der Waals surface area contributed by atoms with Crippen LogP contribution in [0, 0.1) is 5.92 Å². The zero-order valence-corrected chi connectivity index (χ0v) is 11.0. The highest BCUT2D eigenvalue weighted by Gasteiger charge is 2.27. The Morgan fingerprint density at radius 3 is 3.06 bits per heavy atom. The molecule has 1 saturated heterocycles. The van der Waals surface area contributed by atoms with Crippen molar-refractivity contribution < 1.29 is 9.53 Å². The van der Waals surface area contributed by atoms with Gasteiger partial charge in [0.15, 0.2) is 0 Å². The first-order valence-electron chi connectivity index (χ1n) is 6.43. The van der Waals surface area contributed by atoms with Crippen LogP contribution in [0.3, 0.4) is 0 Å². The van der Waals surface area contributed by atoms with Crippen LogP contribution in [-0.4, -0.2) is 29.7 Å². The maximum absolute atomic E-state index is 12.0. The van der Waals surface area contributed by atoms with E-state index in [1.807, 2.05) is 7.05 Å². The number of aryl methyl sites for hydroxylation is 1. The molecule has 1 aromatic rings. The number of aromatic nitrogens is 1. The Bertz CT molecular complexity index is 428. The van der Waals surface area contributed by atoms with E-state index in [4.69, 9.17) is 10.5 Å². The number of hydrogen-bond acceptors (Lipinski definition) is 3. The van der Waals surface area contributed by atoms with Crippen molar-refractivity contribution in [3.05, 3.63) is 18.0 Å². The number of anilines is 1. The summed E-state index contributed by atoms with van der Waals surface area (Å²) < 4.78 is 7.35. The molecule has 0 bridgehead atoms. The molecule has 2 heterocycles. The summed E-state index contributed by atoms with van der Waals surface area (Å²) in [6.45, 7) is 3.58. The summed E-state index contributed by atoms with van der Waals surface area (Å²) >= 11 is 0. The molecule has 1 fully saturated rings. The number of carbonyl (C=O) groups excluding carboxylic acids is 1. The third kappa shape index (κ3) is 2.67. The van der Waals surface area contributed by atoms with Crippen LogP contribution in [0.25, 0.3) is 0 Å². The summed E-state index contributed by atoms with van der Waals surface area (Å²) in [5, 5.41) is 2.96. The summed E-state index contributed by atoms with van der Waals surface area (Å²) in [6.07, 6.45) is 4.04. The summed E-state index contributed by atoms with van der Waals surface area (Å²) in [6, 6.07) is 1.69. The maximum atomic E-state index is 12.0. The van der Waals surface area contributed by atoms with E-state index >= 15 is 0 Å². The average molecular weight is 251 g/mol. The Balaban J connectivity index is 1.90. The molecule has 0 radical (unpaired) electrons. The van der Waals surface area contributed by atoms with Crippen LogP contribution in [0.15, 0.2) is 12.3 Å². The zero-order chi connectivity index (χ0) is 13.1. The monoisotopic (exact) mass is 251 g/mol. The third-order valence-electron chi connectivity index (χ3n) is 3.53. The van der Waals surface area contributed by atoms with Crippen LogP contribution >= 0.6 is 0 Å². The van der Waals surface area contributed by atoms with Gasteiger partial charge >= 0.3 is 0 Å². The van der Waals surface area contributed by atoms with Gasteiger partial charge in [-0.25, -0.2) is 0 Å². The lowest BCUT2D eigenvalue weighted by Crippen LogP contribution is -2.33. The quantitative estimate of drug-likeness (QED) is 0.843. The first-order valence-corrected chi connectivity index (χ1v) is 6.43. The van der Waals surface area contributed by atoms with E-state index in [-0.39, 0.29) is 12.0 Å². The van der Waals surface area contributed by atoms with Gasteiger partial charge in [0, 0.05) is 32.3 Å². The molecule has 2 atom stereocenters. The predicted molar refractivity (Wildman–Crippen MR) is 70.3 cm³/mol. The third-order valence-corrected chi connectivity index (χ3v) is 3.53.